The van der Waals surface area contributed by atoms with E-state index in [0.717, 1.165) is 31.5 Å². The Bertz CT molecular complexity index is 737. The first-order valence-electron chi connectivity index (χ1n) is 8.62. The Morgan fingerprint density at radius 3 is 2.88 bits per heavy atom. The van der Waals surface area contributed by atoms with Crippen molar-refractivity contribution in [3.05, 3.63) is 46.7 Å². The van der Waals surface area contributed by atoms with Gasteiger partial charge in [-0.1, -0.05) is 42.8 Å². The predicted molar refractivity (Wildman–Crippen MR) is 98.0 cm³/mol. The second-order valence-corrected chi connectivity index (χ2v) is 7.58. The molecule has 1 aliphatic heterocycles. The molecule has 3 rings (SSSR count). The van der Waals surface area contributed by atoms with Gasteiger partial charge in [0.2, 0.25) is 0 Å². The van der Waals surface area contributed by atoms with Crippen LogP contribution in [0.1, 0.15) is 48.8 Å². The fourth-order valence-electron chi connectivity index (χ4n) is 3.03. The third-order valence-corrected chi connectivity index (χ3v) is 4.96. The summed E-state index contributed by atoms with van der Waals surface area (Å²) < 4.78 is 1.82. The van der Waals surface area contributed by atoms with Gasteiger partial charge in [0.25, 0.3) is 5.91 Å². The first-order valence-corrected chi connectivity index (χ1v) is 9.00. The van der Waals surface area contributed by atoms with E-state index in [1.165, 1.54) is 0 Å². The molecular weight excluding hydrogens is 338 g/mol. The third kappa shape index (κ3) is 4.38. The van der Waals surface area contributed by atoms with E-state index >= 15 is 0 Å². The molecule has 134 valence electrons. The maximum atomic E-state index is 12.4. The van der Waals surface area contributed by atoms with Gasteiger partial charge in [-0.25, -0.2) is 4.68 Å². The number of piperidine rings is 1. The average molecular weight is 362 g/mol. The quantitative estimate of drug-likeness (QED) is 0.858. The summed E-state index contributed by atoms with van der Waals surface area (Å²) in [7, 11) is 0. The van der Waals surface area contributed by atoms with Gasteiger partial charge in [-0.15, -0.1) is 5.10 Å². The molecule has 0 unspecified atom stereocenters. The molecule has 1 aromatic carbocycles. The minimum Gasteiger partial charge on any atom is -0.350 e. The van der Waals surface area contributed by atoms with Crippen LogP contribution in [0.25, 0.3) is 0 Å². The zero-order chi connectivity index (χ0) is 17.9. The summed E-state index contributed by atoms with van der Waals surface area (Å²) in [4.78, 5) is 12.4. The van der Waals surface area contributed by atoms with Gasteiger partial charge in [0.1, 0.15) is 0 Å². The van der Waals surface area contributed by atoms with Crippen molar-refractivity contribution in [3.8, 4) is 0 Å². The first kappa shape index (κ1) is 17.9. The van der Waals surface area contributed by atoms with Crippen molar-refractivity contribution in [3.63, 3.8) is 0 Å². The van der Waals surface area contributed by atoms with Crippen LogP contribution < -0.4 is 10.6 Å². The maximum Gasteiger partial charge on any atom is 0.273 e. The molecule has 0 radical (unpaired) electrons. The van der Waals surface area contributed by atoms with Gasteiger partial charge in [-0.2, -0.15) is 0 Å². The van der Waals surface area contributed by atoms with Crippen LogP contribution in [-0.4, -0.2) is 40.5 Å². The van der Waals surface area contributed by atoms with E-state index < -0.39 is 0 Å². The number of halogens is 1. The lowest BCUT2D eigenvalue weighted by Gasteiger charge is -2.25. The lowest BCUT2D eigenvalue weighted by molar-refractivity contribution is 0.0940. The summed E-state index contributed by atoms with van der Waals surface area (Å²) in [5.41, 5.74) is 1.21. The van der Waals surface area contributed by atoms with Crippen LogP contribution in [-0.2, 0) is 5.41 Å². The summed E-state index contributed by atoms with van der Waals surface area (Å²) in [6.07, 6.45) is 3.76. The lowest BCUT2D eigenvalue weighted by Crippen LogP contribution is -2.36. The lowest BCUT2D eigenvalue weighted by atomic mass is 9.84. The second-order valence-electron chi connectivity index (χ2n) is 7.14. The largest absolute Gasteiger partial charge is 0.350 e. The van der Waals surface area contributed by atoms with E-state index in [9.17, 15) is 4.79 Å². The molecule has 1 aliphatic rings. The monoisotopic (exact) mass is 361 g/mol. The van der Waals surface area contributed by atoms with E-state index in [1.54, 1.807) is 6.20 Å². The van der Waals surface area contributed by atoms with Crippen LogP contribution >= 0.6 is 11.6 Å². The minimum atomic E-state index is -0.231. The van der Waals surface area contributed by atoms with Crippen molar-refractivity contribution in [2.45, 2.75) is 38.1 Å². The number of hydrogen-bond donors (Lipinski definition) is 2. The Labute approximate surface area is 152 Å². The highest BCUT2D eigenvalue weighted by Gasteiger charge is 2.23. The molecule has 2 aromatic rings. The van der Waals surface area contributed by atoms with Crippen molar-refractivity contribution in [2.75, 3.05) is 19.6 Å². The molecule has 0 saturated carbocycles. The van der Waals surface area contributed by atoms with Gasteiger partial charge < -0.3 is 10.6 Å². The van der Waals surface area contributed by atoms with Gasteiger partial charge in [0.05, 0.1) is 12.2 Å². The Morgan fingerprint density at radius 1 is 1.40 bits per heavy atom. The summed E-state index contributed by atoms with van der Waals surface area (Å²) in [6, 6.07) is 8.04. The molecule has 2 N–H and O–H groups in total. The Hall–Kier alpha value is -1.92. The van der Waals surface area contributed by atoms with Crippen LogP contribution in [0.5, 0.6) is 0 Å². The zero-order valence-electron chi connectivity index (χ0n) is 14.6. The van der Waals surface area contributed by atoms with E-state index in [-0.39, 0.29) is 11.3 Å². The molecule has 6 nitrogen and oxygen atoms in total. The number of hydrogen-bond acceptors (Lipinski definition) is 4. The van der Waals surface area contributed by atoms with Crippen LogP contribution in [0.4, 0.5) is 0 Å². The smallest absolute Gasteiger partial charge is 0.273 e. The van der Waals surface area contributed by atoms with Gasteiger partial charge >= 0.3 is 0 Å². The SMILES string of the molecule is CC(C)(CNC(=O)c1cn(C2CCNCC2)nn1)c1cccc(Cl)c1. The fourth-order valence-corrected chi connectivity index (χ4v) is 3.22. The van der Waals surface area contributed by atoms with Crippen molar-refractivity contribution < 1.29 is 4.79 Å². The highest BCUT2D eigenvalue weighted by atomic mass is 35.5. The number of amides is 1. The summed E-state index contributed by atoms with van der Waals surface area (Å²) in [6.45, 7) is 6.59. The normalized spacial score (nSPS) is 16.0. The van der Waals surface area contributed by atoms with Gasteiger partial charge in [0, 0.05) is 17.0 Å². The van der Waals surface area contributed by atoms with E-state index in [0.29, 0.717) is 23.3 Å². The van der Waals surface area contributed by atoms with Crippen molar-refractivity contribution in [2.24, 2.45) is 0 Å². The highest BCUT2D eigenvalue weighted by Crippen LogP contribution is 2.25. The number of benzene rings is 1. The molecule has 7 heteroatoms. The van der Waals surface area contributed by atoms with E-state index in [4.69, 9.17) is 11.6 Å². The molecule has 1 amide bonds. The van der Waals surface area contributed by atoms with E-state index in [2.05, 4.69) is 34.8 Å². The number of aromatic nitrogens is 3. The zero-order valence-corrected chi connectivity index (χ0v) is 15.4. The molecule has 0 spiro atoms. The number of carbonyl (C=O) groups is 1. The summed E-state index contributed by atoms with van der Waals surface area (Å²) in [5, 5.41) is 15.2. The molecule has 25 heavy (non-hydrogen) atoms. The van der Waals surface area contributed by atoms with Gasteiger partial charge in [-0.05, 0) is 43.6 Å². The van der Waals surface area contributed by atoms with Crippen molar-refractivity contribution in [1.29, 1.82) is 0 Å². The van der Waals surface area contributed by atoms with Crippen molar-refractivity contribution >= 4 is 17.5 Å². The molecular formula is C18H24ClN5O. The summed E-state index contributed by atoms with van der Waals surface area (Å²) in [5.74, 6) is -0.199. The molecule has 0 atom stereocenters. The van der Waals surface area contributed by atoms with Gasteiger partial charge in [-0.3, -0.25) is 4.79 Å². The van der Waals surface area contributed by atoms with Crippen LogP contribution in [0.2, 0.25) is 5.02 Å². The third-order valence-electron chi connectivity index (χ3n) is 4.72. The number of carbonyl (C=O) groups excluding carboxylic acids is 1. The fraction of sp³-hybridized carbons (Fsp3) is 0.500. The standard InChI is InChI=1S/C18H24ClN5O/c1-18(2,13-4-3-5-14(19)10-13)12-21-17(25)16-11-24(23-22-16)15-6-8-20-9-7-15/h3-5,10-11,15,20H,6-9,12H2,1-2H3,(H,21,25). The Kier molecular flexibility index (Phi) is 5.39. The minimum absolute atomic E-state index is 0.199. The average Bonchev–Trinajstić information content (AvgIpc) is 3.11. The van der Waals surface area contributed by atoms with Gasteiger partial charge in [0.15, 0.2) is 5.69 Å². The molecule has 2 heterocycles. The second kappa shape index (κ2) is 7.54. The van der Waals surface area contributed by atoms with Crippen LogP contribution in [0.3, 0.4) is 0 Å². The number of rotatable bonds is 5. The summed E-state index contributed by atoms with van der Waals surface area (Å²) >= 11 is 6.07. The van der Waals surface area contributed by atoms with E-state index in [1.807, 2.05) is 28.9 Å². The Morgan fingerprint density at radius 2 is 2.16 bits per heavy atom. The molecule has 1 saturated heterocycles. The molecule has 0 bridgehead atoms. The highest BCUT2D eigenvalue weighted by molar-refractivity contribution is 6.30. The Balaban J connectivity index is 1.61. The maximum absolute atomic E-state index is 12.4. The van der Waals surface area contributed by atoms with Crippen LogP contribution in [0, 0.1) is 0 Å². The molecule has 1 fully saturated rings. The number of nitrogens with one attached hydrogen (secondary N) is 2. The molecule has 0 aliphatic carbocycles. The van der Waals surface area contributed by atoms with Crippen LogP contribution in [0.15, 0.2) is 30.5 Å². The predicted octanol–water partition coefficient (Wildman–Crippen LogP) is 2.56. The van der Waals surface area contributed by atoms with Crippen molar-refractivity contribution in [1.82, 2.24) is 25.6 Å². The topological polar surface area (TPSA) is 71.8 Å². The number of nitrogens with zero attached hydrogens (tertiary/aromatic N) is 3. The first-order chi connectivity index (χ1) is 12.0. The molecule has 1 aromatic heterocycles.